The van der Waals surface area contributed by atoms with E-state index in [1.807, 2.05) is 25.2 Å². The topological polar surface area (TPSA) is 131 Å². The summed E-state index contributed by atoms with van der Waals surface area (Å²) in [5.74, 6) is -5.00. The molecule has 4 amide bonds. The summed E-state index contributed by atoms with van der Waals surface area (Å²) in [4.78, 5) is 52.9. The van der Waals surface area contributed by atoms with E-state index < -0.39 is 53.4 Å². The molecule has 2 aliphatic heterocycles. The Balaban J connectivity index is 1.55. The van der Waals surface area contributed by atoms with Crippen LogP contribution in [0.2, 0.25) is 0 Å². The fraction of sp³-hybridized carbons (Fsp3) is 0.593. The van der Waals surface area contributed by atoms with Crippen LogP contribution in [0.3, 0.4) is 0 Å². The first-order valence-electron chi connectivity index (χ1n) is 12.9. The monoisotopic (exact) mass is 625 g/mol. The van der Waals surface area contributed by atoms with Crippen LogP contribution in [0, 0.1) is 34.0 Å². The molecule has 1 aromatic rings. The third-order valence-corrected chi connectivity index (χ3v) is 8.81. The fourth-order valence-corrected chi connectivity index (χ4v) is 6.39. The maximum atomic E-state index is 13.6. The van der Waals surface area contributed by atoms with Gasteiger partial charge in [-0.1, -0.05) is 50.5 Å². The first-order chi connectivity index (χ1) is 18.4. The Kier molecular flexibility index (Phi) is 7.49. The van der Waals surface area contributed by atoms with Crippen molar-refractivity contribution in [3.05, 3.63) is 28.2 Å². The van der Waals surface area contributed by atoms with Crippen molar-refractivity contribution < 1.29 is 32.3 Å². The van der Waals surface area contributed by atoms with Gasteiger partial charge in [-0.05, 0) is 52.8 Å². The molecule has 1 unspecified atom stereocenters. The number of carbonyl (C=O) groups excluding carboxylic acids is 4. The summed E-state index contributed by atoms with van der Waals surface area (Å²) < 4.78 is 39.9. The molecule has 3 aliphatic rings. The van der Waals surface area contributed by atoms with E-state index in [2.05, 4.69) is 26.6 Å². The molecule has 6 atom stereocenters. The van der Waals surface area contributed by atoms with Gasteiger partial charge >= 0.3 is 12.1 Å². The molecule has 0 spiro atoms. The quantitative estimate of drug-likeness (QED) is 0.446. The molecule has 1 aromatic carbocycles. The molecule has 0 aromatic heterocycles. The van der Waals surface area contributed by atoms with Gasteiger partial charge in [-0.25, -0.2) is 0 Å². The van der Waals surface area contributed by atoms with Crippen LogP contribution < -0.4 is 16.0 Å². The Morgan fingerprint density at radius 2 is 1.88 bits per heavy atom. The molecule has 0 radical (unpaired) electrons. The van der Waals surface area contributed by atoms with E-state index in [0.29, 0.717) is 11.3 Å². The predicted molar refractivity (Wildman–Crippen MR) is 141 cm³/mol. The summed E-state index contributed by atoms with van der Waals surface area (Å²) in [6.45, 7) is 8.59. The van der Waals surface area contributed by atoms with Crippen molar-refractivity contribution in [2.45, 2.75) is 71.3 Å². The van der Waals surface area contributed by atoms with Crippen LogP contribution in [-0.4, -0.2) is 59.4 Å². The predicted octanol–water partition coefficient (Wildman–Crippen LogP) is 3.46. The highest BCUT2D eigenvalue weighted by Gasteiger charge is 2.70. The van der Waals surface area contributed by atoms with Gasteiger partial charge < -0.3 is 20.9 Å². The SMILES string of the molecule is CC(C)(C)[C@H](NC(=O)C(F)(F)F)C(=O)N1C[C@H]2[C@H]([C@H]1C(=O)N[C@H](C#N)CC1C(=O)Nc3ccc(Br)cc31)C2(C)C. The maximum absolute atomic E-state index is 13.6. The Morgan fingerprint density at radius 1 is 1.23 bits per heavy atom. The first-order valence-corrected chi connectivity index (χ1v) is 13.7. The number of fused-ring (bicyclic) bond motifs is 2. The van der Waals surface area contributed by atoms with Gasteiger partial charge in [0.05, 0.1) is 12.0 Å². The van der Waals surface area contributed by atoms with Gasteiger partial charge in [0.2, 0.25) is 17.7 Å². The molecule has 0 bridgehead atoms. The summed E-state index contributed by atoms with van der Waals surface area (Å²) in [5.41, 5.74) is -0.0911. The molecule has 9 nitrogen and oxygen atoms in total. The number of nitriles is 1. The van der Waals surface area contributed by atoms with Crippen molar-refractivity contribution in [3.8, 4) is 6.07 Å². The molecular weight excluding hydrogens is 595 g/mol. The third kappa shape index (κ3) is 5.42. The normalized spacial score (nSPS) is 26.1. The molecule has 216 valence electrons. The number of carbonyl (C=O) groups is 4. The second-order valence-electron chi connectivity index (χ2n) is 12.4. The number of anilines is 1. The van der Waals surface area contributed by atoms with Gasteiger partial charge in [0.1, 0.15) is 18.1 Å². The molecule has 1 saturated carbocycles. The summed E-state index contributed by atoms with van der Waals surface area (Å²) in [7, 11) is 0. The smallest absolute Gasteiger partial charge is 0.339 e. The zero-order chi connectivity index (χ0) is 29.9. The number of piperidine rings is 1. The Morgan fingerprint density at radius 3 is 2.45 bits per heavy atom. The molecule has 13 heteroatoms. The maximum Gasteiger partial charge on any atom is 0.471 e. The second kappa shape index (κ2) is 10.0. The Bertz CT molecular complexity index is 1300. The summed E-state index contributed by atoms with van der Waals surface area (Å²) >= 11 is 3.37. The summed E-state index contributed by atoms with van der Waals surface area (Å²) in [5, 5.41) is 17.1. The number of rotatable bonds is 6. The van der Waals surface area contributed by atoms with Crippen LogP contribution in [0.15, 0.2) is 22.7 Å². The lowest BCUT2D eigenvalue weighted by molar-refractivity contribution is -0.176. The average Bonchev–Trinajstić information content (AvgIpc) is 3.14. The van der Waals surface area contributed by atoms with Gasteiger partial charge in [-0.15, -0.1) is 0 Å². The molecule has 4 rings (SSSR count). The standard InChI is InChI=1S/C27H31BrF3N5O4/c1-25(2,3)20(35-24(40)27(29,30)31)23(39)36-11-16-18(26(16,4)5)19(36)22(38)33-13(10-32)9-15-14-8-12(28)6-7-17(14)34-21(15)37/h6-8,13,15-16,18-20H,9,11H2,1-5H3,(H,33,38)(H,34,37)(H,35,40)/t13-,15?,16-,18+,19-,20+/m0/s1. The van der Waals surface area contributed by atoms with E-state index >= 15 is 0 Å². The largest absolute Gasteiger partial charge is 0.471 e. The highest BCUT2D eigenvalue weighted by atomic mass is 79.9. The van der Waals surface area contributed by atoms with Crippen LogP contribution >= 0.6 is 15.9 Å². The van der Waals surface area contributed by atoms with E-state index in [0.717, 1.165) is 4.47 Å². The minimum absolute atomic E-state index is 0.0120. The van der Waals surface area contributed by atoms with Gasteiger partial charge in [-0.2, -0.15) is 18.4 Å². The number of amides is 4. The van der Waals surface area contributed by atoms with Crippen molar-refractivity contribution in [1.29, 1.82) is 5.26 Å². The minimum atomic E-state index is -5.18. The molecule has 2 heterocycles. The van der Waals surface area contributed by atoms with Crippen LogP contribution in [0.4, 0.5) is 18.9 Å². The van der Waals surface area contributed by atoms with E-state index in [9.17, 15) is 37.6 Å². The third-order valence-electron chi connectivity index (χ3n) is 8.31. The van der Waals surface area contributed by atoms with Gasteiger partial charge in [0, 0.05) is 16.7 Å². The molecular formula is C27H31BrF3N5O4. The van der Waals surface area contributed by atoms with Crippen molar-refractivity contribution in [3.63, 3.8) is 0 Å². The fourth-order valence-electron chi connectivity index (χ4n) is 6.01. The zero-order valence-corrected chi connectivity index (χ0v) is 24.2. The molecule has 1 aliphatic carbocycles. The molecule has 3 N–H and O–H groups in total. The highest BCUT2D eigenvalue weighted by molar-refractivity contribution is 9.10. The lowest BCUT2D eigenvalue weighted by Gasteiger charge is -2.37. The number of alkyl halides is 3. The number of hydrogen-bond acceptors (Lipinski definition) is 5. The van der Waals surface area contributed by atoms with E-state index in [1.165, 1.54) is 25.7 Å². The lowest BCUT2D eigenvalue weighted by Crippen LogP contribution is -2.61. The highest BCUT2D eigenvalue weighted by Crippen LogP contribution is 2.65. The molecule has 40 heavy (non-hydrogen) atoms. The number of likely N-dealkylation sites (tertiary alicyclic amines) is 1. The Hall–Kier alpha value is -3.14. The van der Waals surface area contributed by atoms with Crippen molar-refractivity contribution >= 4 is 45.2 Å². The zero-order valence-electron chi connectivity index (χ0n) is 22.6. The Labute approximate surface area is 238 Å². The van der Waals surface area contributed by atoms with Crippen molar-refractivity contribution in [1.82, 2.24) is 15.5 Å². The molecule has 1 saturated heterocycles. The summed E-state index contributed by atoms with van der Waals surface area (Å²) in [6.07, 6.45) is -5.20. The average molecular weight is 626 g/mol. The van der Waals surface area contributed by atoms with Crippen molar-refractivity contribution in [2.24, 2.45) is 22.7 Å². The van der Waals surface area contributed by atoms with Gasteiger partial charge in [-0.3, -0.25) is 19.2 Å². The first kappa shape index (κ1) is 29.8. The minimum Gasteiger partial charge on any atom is -0.339 e. The number of nitrogens with zero attached hydrogens (tertiary/aromatic N) is 2. The van der Waals surface area contributed by atoms with E-state index in [4.69, 9.17) is 0 Å². The number of benzene rings is 1. The second-order valence-corrected chi connectivity index (χ2v) is 13.3. The number of hydrogen-bond donors (Lipinski definition) is 3. The van der Waals surface area contributed by atoms with Crippen molar-refractivity contribution in [2.75, 3.05) is 11.9 Å². The summed E-state index contributed by atoms with van der Waals surface area (Å²) in [6, 6.07) is 3.63. The van der Waals surface area contributed by atoms with Gasteiger partial charge in [0.25, 0.3) is 0 Å². The van der Waals surface area contributed by atoms with Crippen LogP contribution in [0.25, 0.3) is 0 Å². The van der Waals surface area contributed by atoms with Crippen LogP contribution in [0.5, 0.6) is 0 Å². The van der Waals surface area contributed by atoms with Crippen LogP contribution in [0.1, 0.15) is 52.5 Å². The molecule has 2 fully saturated rings. The van der Waals surface area contributed by atoms with Crippen LogP contribution in [-0.2, 0) is 19.2 Å². The number of halogens is 4. The van der Waals surface area contributed by atoms with Gasteiger partial charge in [0.15, 0.2) is 0 Å². The van der Waals surface area contributed by atoms with E-state index in [1.54, 1.807) is 18.2 Å². The van der Waals surface area contributed by atoms with E-state index in [-0.39, 0.29) is 36.1 Å². The number of nitrogens with one attached hydrogen (secondary N) is 3. The lowest BCUT2D eigenvalue weighted by atomic mass is 9.85.